The summed E-state index contributed by atoms with van der Waals surface area (Å²) in [6.07, 6.45) is 0. The summed E-state index contributed by atoms with van der Waals surface area (Å²) in [5.41, 5.74) is 12.4. The van der Waals surface area contributed by atoms with Crippen LogP contribution in [0.5, 0.6) is 0 Å². The van der Waals surface area contributed by atoms with Crippen molar-refractivity contribution in [2.75, 3.05) is 5.75 Å². The number of hydrogen-bond acceptors (Lipinski definition) is 4. The SMILES string of the molecule is N=C(N)SC(CS)c1cccc(C(=N)N)c1. The standard InChI is InChI=1S/C10H14N4S2/c11-9(12)7-3-1-2-6(4-7)8(5-15)16-10(13)14/h1-4,8,15H,5H2,(H3,11,12)(H3,13,14). The van der Waals surface area contributed by atoms with Crippen molar-refractivity contribution in [3.05, 3.63) is 35.4 Å². The van der Waals surface area contributed by atoms with Gasteiger partial charge in [0.15, 0.2) is 5.17 Å². The average Bonchev–Trinajstić information content (AvgIpc) is 2.25. The van der Waals surface area contributed by atoms with E-state index in [-0.39, 0.29) is 16.3 Å². The summed E-state index contributed by atoms with van der Waals surface area (Å²) < 4.78 is 0. The Balaban J connectivity index is 2.96. The van der Waals surface area contributed by atoms with E-state index in [0.717, 1.165) is 5.56 Å². The zero-order valence-corrected chi connectivity index (χ0v) is 10.3. The Bertz CT molecular complexity index is 406. The molecule has 0 heterocycles. The van der Waals surface area contributed by atoms with Crippen LogP contribution in [-0.2, 0) is 0 Å². The van der Waals surface area contributed by atoms with Crippen molar-refractivity contribution in [1.29, 1.82) is 10.8 Å². The molecule has 0 aliphatic carbocycles. The highest BCUT2D eigenvalue weighted by Crippen LogP contribution is 2.29. The van der Waals surface area contributed by atoms with E-state index in [1.54, 1.807) is 6.07 Å². The van der Waals surface area contributed by atoms with Crippen LogP contribution in [0, 0.1) is 10.8 Å². The Kier molecular flexibility index (Phi) is 4.70. The second-order valence-corrected chi connectivity index (χ2v) is 4.80. The summed E-state index contributed by atoms with van der Waals surface area (Å²) in [5.74, 6) is 0.610. The number of nitrogens with two attached hydrogens (primary N) is 2. The lowest BCUT2D eigenvalue weighted by Gasteiger charge is -2.14. The molecule has 0 saturated carbocycles. The van der Waals surface area contributed by atoms with Gasteiger partial charge in [0.05, 0.1) is 0 Å². The van der Waals surface area contributed by atoms with Gasteiger partial charge >= 0.3 is 0 Å². The number of nitrogen functional groups attached to an aromatic ring is 1. The van der Waals surface area contributed by atoms with Gasteiger partial charge in [-0.25, -0.2) is 0 Å². The summed E-state index contributed by atoms with van der Waals surface area (Å²) in [6.45, 7) is 0. The van der Waals surface area contributed by atoms with E-state index >= 15 is 0 Å². The van der Waals surface area contributed by atoms with E-state index in [1.165, 1.54) is 11.8 Å². The van der Waals surface area contributed by atoms with Crippen LogP contribution in [0.3, 0.4) is 0 Å². The Hall–Kier alpha value is -1.14. The van der Waals surface area contributed by atoms with Gasteiger partial charge in [0, 0.05) is 16.6 Å². The van der Waals surface area contributed by atoms with E-state index in [2.05, 4.69) is 12.6 Å². The lowest BCUT2D eigenvalue weighted by atomic mass is 10.1. The molecule has 0 spiro atoms. The number of nitrogens with one attached hydrogen (secondary N) is 2. The Labute approximate surface area is 104 Å². The minimum absolute atomic E-state index is 0.0140. The van der Waals surface area contributed by atoms with Crippen molar-refractivity contribution in [2.45, 2.75) is 5.25 Å². The second kappa shape index (κ2) is 5.81. The van der Waals surface area contributed by atoms with Crippen LogP contribution < -0.4 is 11.5 Å². The lowest BCUT2D eigenvalue weighted by molar-refractivity contribution is 1.13. The maximum Gasteiger partial charge on any atom is 0.151 e. The van der Waals surface area contributed by atoms with Crippen LogP contribution in [-0.4, -0.2) is 16.8 Å². The quantitative estimate of drug-likeness (QED) is 0.320. The molecule has 0 aromatic heterocycles. The molecule has 0 saturated heterocycles. The monoisotopic (exact) mass is 254 g/mol. The average molecular weight is 254 g/mol. The molecule has 1 aromatic rings. The number of amidine groups is 2. The van der Waals surface area contributed by atoms with Gasteiger partial charge in [-0.3, -0.25) is 10.8 Å². The Morgan fingerprint density at radius 1 is 1.38 bits per heavy atom. The van der Waals surface area contributed by atoms with Gasteiger partial charge in [-0.2, -0.15) is 12.6 Å². The minimum Gasteiger partial charge on any atom is -0.384 e. The highest BCUT2D eigenvalue weighted by Gasteiger charge is 2.12. The molecule has 6 heteroatoms. The van der Waals surface area contributed by atoms with E-state index in [9.17, 15) is 0 Å². The van der Waals surface area contributed by atoms with E-state index in [0.29, 0.717) is 11.3 Å². The van der Waals surface area contributed by atoms with Crippen molar-refractivity contribution in [3.8, 4) is 0 Å². The molecule has 0 aliphatic rings. The predicted octanol–water partition coefficient (Wildman–Crippen LogP) is 1.57. The zero-order valence-electron chi connectivity index (χ0n) is 8.60. The molecule has 4 nitrogen and oxygen atoms in total. The van der Waals surface area contributed by atoms with Gasteiger partial charge in [-0.05, 0) is 11.6 Å². The van der Waals surface area contributed by atoms with Crippen molar-refractivity contribution in [2.24, 2.45) is 11.5 Å². The molecular formula is C10H14N4S2. The normalized spacial score (nSPS) is 12.1. The summed E-state index contributed by atoms with van der Waals surface area (Å²) >= 11 is 5.48. The number of thioether (sulfide) groups is 1. The third-order valence-electron chi connectivity index (χ3n) is 2.00. The Morgan fingerprint density at radius 3 is 2.56 bits per heavy atom. The topological polar surface area (TPSA) is 99.7 Å². The van der Waals surface area contributed by atoms with Crippen molar-refractivity contribution in [1.82, 2.24) is 0 Å². The molecule has 1 atom stereocenters. The van der Waals surface area contributed by atoms with E-state index in [4.69, 9.17) is 22.3 Å². The van der Waals surface area contributed by atoms with Gasteiger partial charge in [0.2, 0.25) is 0 Å². The fourth-order valence-corrected chi connectivity index (χ4v) is 2.37. The van der Waals surface area contributed by atoms with Crippen LogP contribution >= 0.6 is 24.4 Å². The summed E-state index contributed by atoms with van der Waals surface area (Å²) in [4.78, 5) is 0. The van der Waals surface area contributed by atoms with Crippen LogP contribution in [0.25, 0.3) is 0 Å². The minimum atomic E-state index is 0.0140. The zero-order chi connectivity index (χ0) is 12.1. The van der Waals surface area contributed by atoms with Gasteiger partial charge in [0.25, 0.3) is 0 Å². The van der Waals surface area contributed by atoms with Crippen LogP contribution in [0.15, 0.2) is 24.3 Å². The molecular weight excluding hydrogens is 240 g/mol. The number of benzene rings is 1. The smallest absolute Gasteiger partial charge is 0.151 e. The number of hydrogen-bond donors (Lipinski definition) is 5. The Morgan fingerprint density at radius 2 is 2.06 bits per heavy atom. The fourth-order valence-electron chi connectivity index (χ4n) is 1.27. The molecule has 86 valence electrons. The lowest BCUT2D eigenvalue weighted by Crippen LogP contribution is -2.13. The van der Waals surface area contributed by atoms with Gasteiger partial charge < -0.3 is 11.5 Å². The van der Waals surface area contributed by atoms with Gasteiger partial charge in [0.1, 0.15) is 5.84 Å². The van der Waals surface area contributed by atoms with Crippen molar-refractivity contribution < 1.29 is 0 Å². The molecule has 0 radical (unpaired) electrons. The molecule has 0 amide bonds. The first-order chi connectivity index (χ1) is 7.54. The largest absolute Gasteiger partial charge is 0.384 e. The summed E-state index contributed by atoms with van der Waals surface area (Å²) in [5, 5.41) is 14.7. The third-order valence-corrected chi connectivity index (χ3v) is 3.59. The second-order valence-electron chi connectivity index (χ2n) is 3.19. The first-order valence-electron chi connectivity index (χ1n) is 4.60. The van der Waals surface area contributed by atoms with Crippen molar-refractivity contribution >= 4 is 35.4 Å². The molecule has 1 aromatic carbocycles. The number of rotatable bonds is 4. The molecule has 1 unspecified atom stereocenters. The first-order valence-corrected chi connectivity index (χ1v) is 6.11. The molecule has 1 rings (SSSR count). The third kappa shape index (κ3) is 3.46. The maximum atomic E-state index is 7.36. The predicted molar refractivity (Wildman–Crippen MR) is 73.6 cm³/mol. The fraction of sp³-hybridized carbons (Fsp3) is 0.200. The maximum absolute atomic E-state index is 7.36. The molecule has 0 bridgehead atoms. The van der Waals surface area contributed by atoms with Crippen LogP contribution in [0.1, 0.15) is 16.4 Å². The summed E-state index contributed by atoms with van der Waals surface area (Å²) in [6, 6.07) is 7.37. The molecule has 16 heavy (non-hydrogen) atoms. The van der Waals surface area contributed by atoms with E-state index in [1.807, 2.05) is 18.2 Å². The number of thiol groups is 1. The highest BCUT2D eigenvalue weighted by atomic mass is 32.2. The highest BCUT2D eigenvalue weighted by molar-refractivity contribution is 8.14. The van der Waals surface area contributed by atoms with Crippen LogP contribution in [0.2, 0.25) is 0 Å². The van der Waals surface area contributed by atoms with Gasteiger partial charge in [-0.1, -0.05) is 30.0 Å². The molecule has 0 fully saturated rings. The van der Waals surface area contributed by atoms with Crippen molar-refractivity contribution in [3.63, 3.8) is 0 Å². The molecule has 6 N–H and O–H groups in total. The van der Waals surface area contributed by atoms with Gasteiger partial charge in [-0.15, -0.1) is 0 Å². The van der Waals surface area contributed by atoms with E-state index < -0.39 is 0 Å². The molecule has 0 aliphatic heterocycles. The van der Waals surface area contributed by atoms with Crippen LogP contribution in [0.4, 0.5) is 0 Å². The first kappa shape index (κ1) is 12.9. The summed E-state index contributed by atoms with van der Waals surface area (Å²) in [7, 11) is 0.